The molecule has 10 heteroatoms. The number of carbonyl (C=O) groups excluding carboxylic acids is 2. The highest BCUT2D eigenvalue weighted by atomic mass is 19.4. The van der Waals surface area contributed by atoms with Crippen LogP contribution in [-0.2, 0) is 14.3 Å². The van der Waals surface area contributed by atoms with Crippen molar-refractivity contribution in [1.82, 2.24) is 4.90 Å². The molecule has 0 aliphatic carbocycles. The van der Waals surface area contributed by atoms with Crippen LogP contribution in [-0.4, -0.2) is 59.0 Å². The van der Waals surface area contributed by atoms with E-state index in [1.807, 2.05) is 19.9 Å². The van der Waals surface area contributed by atoms with Gasteiger partial charge in [0.05, 0.1) is 6.61 Å². The number of aryl methyl sites for hydroxylation is 2. The molecule has 0 bridgehead atoms. The summed E-state index contributed by atoms with van der Waals surface area (Å²) in [6, 6.07) is 3.00. The van der Waals surface area contributed by atoms with E-state index in [4.69, 9.17) is 10.8 Å². The first kappa shape index (κ1) is 23.0. The van der Waals surface area contributed by atoms with Gasteiger partial charge in [-0.05, 0) is 49.8 Å². The molecule has 1 amide bonds. The first-order chi connectivity index (χ1) is 13.5. The van der Waals surface area contributed by atoms with Gasteiger partial charge in [-0.3, -0.25) is 4.79 Å². The van der Waals surface area contributed by atoms with E-state index in [1.54, 1.807) is 6.07 Å². The molecular formula is C19H25F3N2O5. The standard InChI is InChI=1S/C19H25F3N2O5/c1-10-7-13(14(26)8-11(10)2)16(23)12-3-5-24(6-4-12)17(27)15(9-25)29-18(28)19(20,21)22/h7-8,12,15-16,25-26H,3-6,9,23H2,1-2H3/t15-,16-/m1/s1. The number of alkyl halides is 3. The van der Waals surface area contributed by atoms with Gasteiger partial charge in [0.2, 0.25) is 6.10 Å². The lowest BCUT2D eigenvalue weighted by atomic mass is 9.84. The van der Waals surface area contributed by atoms with Crippen molar-refractivity contribution < 1.29 is 37.7 Å². The van der Waals surface area contributed by atoms with E-state index in [0.717, 1.165) is 11.1 Å². The van der Waals surface area contributed by atoms with Crippen molar-refractivity contribution in [2.45, 2.75) is 45.0 Å². The van der Waals surface area contributed by atoms with Gasteiger partial charge in [0.1, 0.15) is 5.75 Å². The number of nitrogens with two attached hydrogens (primary N) is 1. The van der Waals surface area contributed by atoms with Gasteiger partial charge in [-0.25, -0.2) is 4.79 Å². The fourth-order valence-corrected chi connectivity index (χ4v) is 3.39. The minimum absolute atomic E-state index is 0.0580. The van der Waals surface area contributed by atoms with Crippen LogP contribution in [0.15, 0.2) is 12.1 Å². The van der Waals surface area contributed by atoms with Gasteiger partial charge in [-0.1, -0.05) is 6.07 Å². The quantitative estimate of drug-likeness (QED) is 0.628. The van der Waals surface area contributed by atoms with Crippen LogP contribution in [0, 0.1) is 19.8 Å². The summed E-state index contributed by atoms with van der Waals surface area (Å²) in [5.41, 5.74) is 8.83. The number of benzene rings is 1. The first-order valence-electron chi connectivity index (χ1n) is 9.18. The normalized spacial score (nSPS) is 17.7. The fourth-order valence-electron chi connectivity index (χ4n) is 3.39. The molecular weight excluding hydrogens is 393 g/mol. The third kappa shape index (κ3) is 5.39. The number of aliphatic hydroxyl groups is 1. The average Bonchev–Trinajstić information content (AvgIpc) is 2.67. The molecule has 0 spiro atoms. The molecule has 0 unspecified atom stereocenters. The summed E-state index contributed by atoms with van der Waals surface area (Å²) in [5.74, 6) is -3.37. The molecule has 0 saturated carbocycles. The van der Waals surface area contributed by atoms with Crippen LogP contribution < -0.4 is 5.73 Å². The van der Waals surface area contributed by atoms with Crippen molar-refractivity contribution in [1.29, 1.82) is 0 Å². The van der Waals surface area contributed by atoms with Crippen molar-refractivity contribution in [3.8, 4) is 5.75 Å². The Morgan fingerprint density at radius 3 is 2.31 bits per heavy atom. The predicted molar refractivity (Wildman–Crippen MR) is 96.8 cm³/mol. The Morgan fingerprint density at radius 2 is 1.79 bits per heavy atom. The van der Waals surface area contributed by atoms with E-state index in [9.17, 15) is 27.9 Å². The van der Waals surface area contributed by atoms with Crippen molar-refractivity contribution in [3.05, 3.63) is 28.8 Å². The zero-order chi connectivity index (χ0) is 21.9. The van der Waals surface area contributed by atoms with Gasteiger partial charge in [0.15, 0.2) is 0 Å². The third-order valence-corrected chi connectivity index (χ3v) is 5.28. The second-order valence-electron chi connectivity index (χ2n) is 7.26. The molecule has 0 aromatic heterocycles. The lowest BCUT2D eigenvalue weighted by Crippen LogP contribution is -2.48. The highest BCUT2D eigenvalue weighted by Gasteiger charge is 2.44. The summed E-state index contributed by atoms with van der Waals surface area (Å²) in [5, 5.41) is 19.4. The molecule has 2 atom stereocenters. The van der Waals surface area contributed by atoms with E-state index < -0.39 is 36.8 Å². The van der Waals surface area contributed by atoms with Crippen molar-refractivity contribution in [2.75, 3.05) is 19.7 Å². The molecule has 1 aromatic rings. The molecule has 1 heterocycles. The zero-order valence-electron chi connectivity index (χ0n) is 16.2. The number of esters is 1. The minimum Gasteiger partial charge on any atom is -0.508 e. The van der Waals surface area contributed by atoms with E-state index in [2.05, 4.69) is 4.74 Å². The number of piperidine rings is 1. The third-order valence-electron chi connectivity index (χ3n) is 5.28. The van der Waals surface area contributed by atoms with Crippen LogP contribution in [0.2, 0.25) is 0 Å². The maximum absolute atomic E-state index is 12.3. The van der Waals surface area contributed by atoms with Crippen LogP contribution in [0.5, 0.6) is 5.75 Å². The summed E-state index contributed by atoms with van der Waals surface area (Å²) < 4.78 is 41.1. The Hall–Kier alpha value is -2.33. The number of amides is 1. The predicted octanol–water partition coefficient (Wildman–Crippen LogP) is 1.71. The summed E-state index contributed by atoms with van der Waals surface area (Å²) in [6.07, 6.45) is -6.25. The second kappa shape index (κ2) is 9.00. The van der Waals surface area contributed by atoms with Gasteiger partial charge in [-0.2, -0.15) is 13.2 Å². The van der Waals surface area contributed by atoms with Gasteiger partial charge >= 0.3 is 12.1 Å². The number of hydrogen-bond donors (Lipinski definition) is 3. The number of likely N-dealkylation sites (tertiary alicyclic amines) is 1. The minimum atomic E-state index is -5.25. The Morgan fingerprint density at radius 1 is 1.24 bits per heavy atom. The number of phenolic OH excluding ortho intramolecular Hbond substituents is 1. The number of aromatic hydroxyl groups is 1. The van der Waals surface area contributed by atoms with Crippen molar-refractivity contribution in [2.24, 2.45) is 11.7 Å². The molecule has 1 aliphatic rings. The summed E-state index contributed by atoms with van der Waals surface area (Å²) in [4.78, 5) is 24.5. The van der Waals surface area contributed by atoms with E-state index in [1.165, 1.54) is 4.90 Å². The monoisotopic (exact) mass is 418 g/mol. The topological polar surface area (TPSA) is 113 Å². The molecule has 162 valence electrons. The molecule has 1 fully saturated rings. The summed E-state index contributed by atoms with van der Waals surface area (Å²) in [6.45, 7) is 3.10. The number of aliphatic hydroxyl groups excluding tert-OH is 1. The lowest BCUT2D eigenvalue weighted by Gasteiger charge is -2.36. The molecule has 4 N–H and O–H groups in total. The lowest BCUT2D eigenvalue weighted by molar-refractivity contribution is -0.208. The largest absolute Gasteiger partial charge is 0.508 e. The smallest absolute Gasteiger partial charge is 0.490 e. The van der Waals surface area contributed by atoms with Gasteiger partial charge in [0, 0.05) is 24.7 Å². The van der Waals surface area contributed by atoms with Gasteiger partial charge in [-0.15, -0.1) is 0 Å². The molecule has 29 heavy (non-hydrogen) atoms. The Bertz CT molecular complexity index is 761. The van der Waals surface area contributed by atoms with Crippen LogP contribution >= 0.6 is 0 Å². The van der Waals surface area contributed by atoms with Crippen LogP contribution in [0.3, 0.4) is 0 Å². The van der Waals surface area contributed by atoms with Crippen LogP contribution in [0.25, 0.3) is 0 Å². The number of halogens is 3. The zero-order valence-corrected chi connectivity index (χ0v) is 16.2. The number of carbonyl (C=O) groups is 2. The van der Waals surface area contributed by atoms with Crippen LogP contribution in [0.1, 0.15) is 35.6 Å². The second-order valence-corrected chi connectivity index (χ2v) is 7.26. The van der Waals surface area contributed by atoms with E-state index in [-0.39, 0.29) is 24.8 Å². The fraction of sp³-hybridized carbons (Fsp3) is 0.579. The maximum Gasteiger partial charge on any atom is 0.490 e. The first-order valence-corrected chi connectivity index (χ1v) is 9.18. The number of phenols is 1. The number of nitrogens with zero attached hydrogens (tertiary/aromatic N) is 1. The van der Waals surface area contributed by atoms with Crippen LogP contribution in [0.4, 0.5) is 13.2 Å². The molecule has 7 nitrogen and oxygen atoms in total. The molecule has 1 aromatic carbocycles. The number of hydrogen-bond acceptors (Lipinski definition) is 6. The van der Waals surface area contributed by atoms with Crippen molar-refractivity contribution in [3.63, 3.8) is 0 Å². The number of ether oxygens (including phenoxy) is 1. The average molecular weight is 418 g/mol. The van der Waals surface area contributed by atoms with Gasteiger partial charge < -0.3 is 25.6 Å². The summed E-state index contributed by atoms with van der Waals surface area (Å²) >= 11 is 0. The van der Waals surface area contributed by atoms with E-state index >= 15 is 0 Å². The molecule has 1 aliphatic heterocycles. The summed E-state index contributed by atoms with van der Waals surface area (Å²) in [7, 11) is 0. The molecule has 2 rings (SSSR count). The molecule has 0 radical (unpaired) electrons. The van der Waals surface area contributed by atoms with E-state index in [0.29, 0.717) is 18.4 Å². The Kier molecular flexibility index (Phi) is 7.12. The molecule has 1 saturated heterocycles. The highest BCUT2D eigenvalue weighted by molar-refractivity contribution is 5.85. The van der Waals surface area contributed by atoms with Crippen molar-refractivity contribution >= 4 is 11.9 Å². The SMILES string of the molecule is Cc1cc(O)c([C@H](N)C2CCN(C(=O)[C@@H](CO)OC(=O)C(F)(F)F)CC2)cc1C. The maximum atomic E-state index is 12.3. The highest BCUT2D eigenvalue weighted by Crippen LogP contribution is 2.35. The van der Waals surface area contributed by atoms with Gasteiger partial charge in [0.25, 0.3) is 5.91 Å². The number of rotatable bonds is 5. The Balaban J connectivity index is 1.99. The Labute approximate surface area is 166 Å².